The molecule has 0 saturated carbocycles. The van der Waals surface area contributed by atoms with Gasteiger partial charge in [0.05, 0.1) is 12.1 Å². The first-order valence-corrected chi connectivity index (χ1v) is 6.47. The first-order chi connectivity index (χ1) is 8.77. The van der Waals surface area contributed by atoms with Crippen LogP contribution in [-0.4, -0.2) is 17.7 Å². The maximum Gasteiger partial charge on any atom is 0.0794 e. The Morgan fingerprint density at radius 1 is 1.33 bits per heavy atom. The van der Waals surface area contributed by atoms with E-state index in [2.05, 4.69) is 24.0 Å². The number of ether oxygens (including phenoxy) is 1. The molecule has 2 N–H and O–H groups in total. The number of hydrogen-bond donors (Lipinski definition) is 1. The van der Waals surface area contributed by atoms with E-state index in [0.717, 1.165) is 24.0 Å². The van der Waals surface area contributed by atoms with E-state index in [-0.39, 0.29) is 12.1 Å². The fourth-order valence-corrected chi connectivity index (χ4v) is 2.76. The summed E-state index contributed by atoms with van der Waals surface area (Å²) in [5, 5.41) is 2.32. The molecule has 3 unspecified atom stereocenters. The molecule has 1 fully saturated rings. The van der Waals surface area contributed by atoms with E-state index in [1.54, 1.807) is 0 Å². The highest BCUT2D eigenvalue weighted by Gasteiger charge is 2.31. The van der Waals surface area contributed by atoms with Crippen molar-refractivity contribution in [1.82, 2.24) is 4.98 Å². The lowest BCUT2D eigenvalue weighted by Crippen LogP contribution is -2.30. The summed E-state index contributed by atoms with van der Waals surface area (Å²) in [5.74, 6) is 0.513. The van der Waals surface area contributed by atoms with Crippen LogP contribution >= 0.6 is 0 Å². The Balaban J connectivity index is 2.03. The van der Waals surface area contributed by atoms with Gasteiger partial charge in [-0.05, 0) is 23.3 Å². The summed E-state index contributed by atoms with van der Waals surface area (Å²) >= 11 is 0. The molecular formula is C15H18N2O. The third-order valence-corrected chi connectivity index (χ3v) is 3.86. The Morgan fingerprint density at radius 2 is 2.17 bits per heavy atom. The number of hydrogen-bond acceptors (Lipinski definition) is 3. The van der Waals surface area contributed by atoms with Crippen molar-refractivity contribution >= 4 is 10.8 Å². The minimum Gasteiger partial charge on any atom is -0.376 e. The van der Waals surface area contributed by atoms with Crippen LogP contribution in [0, 0.1) is 5.92 Å². The van der Waals surface area contributed by atoms with Crippen molar-refractivity contribution in [3.05, 3.63) is 42.2 Å². The number of nitrogens with zero attached hydrogens (tertiary/aromatic N) is 1. The van der Waals surface area contributed by atoms with Crippen molar-refractivity contribution in [2.75, 3.05) is 6.61 Å². The molecule has 1 aliphatic heterocycles. The summed E-state index contributed by atoms with van der Waals surface area (Å²) in [6.45, 7) is 3.02. The second-order valence-electron chi connectivity index (χ2n) is 5.08. The van der Waals surface area contributed by atoms with Crippen LogP contribution < -0.4 is 5.73 Å². The quantitative estimate of drug-likeness (QED) is 0.880. The summed E-state index contributed by atoms with van der Waals surface area (Å²) in [7, 11) is 0. The molecule has 1 aliphatic rings. The first-order valence-electron chi connectivity index (χ1n) is 6.47. The second kappa shape index (κ2) is 4.67. The molecule has 1 aromatic heterocycles. The lowest BCUT2D eigenvalue weighted by Gasteiger charge is -2.23. The van der Waals surface area contributed by atoms with Crippen LogP contribution in [0.15, 0.2) is 36.7 Å². The molecular weight excluding hydrogens is 224 g/mol. The van der Waals surface area contributed by atoms with Crippen molar-refractivity contribution in [2.45, 2.75) is 25.5 Å². The molecule has 3 rings (SSSR count). The monoisotopic (exact) mass is 242 g/mol. The van der Waals surface area contributed by atoms with Crippen LogP contribution in [0.2, 0.25) is 0 Å². The van der Waals surface area contributed by atoms with Crippen LogP contribution in [0.1, 0.15) is 24.9 Å². The summed E-state index contributed by atoms with van der Waals surface area (Å²) in [6.07, 6.45) is 4.96. The van der Waals surface area contributed by atoms with Gasteiger partial charge in [-0.1, -0.05) is 31.2 Å². The van der Waals surface area contributed by atoms with Gasteiger partial charge in [0.2, 0.25) is 0 Å². The van der Waals surface area contributed by atoms with E-state index in [9.17, 15) is 0 Å². The Bertz CT molecular complexity index is 550. The summed E-state index contributed by atoms with van der Waals surface area (Å²) in [5.41, 5.74) is 7.48. The van der Waals surface area contributed by atoms with Gasteiger partial charge in [0.25, 0.3) is 0 Å². The molecule has 0 bridgehead atoms. The predicted octanol–water partition coefficient (Wildman–Crippen LogP) is 2.66. The van der Waals surface area contributed by atoms with E-state index >= 15 is 0 Å². The minimum atomic E-state index is -0.0962. The van der Waals surface area contributed by atoms with Crippen molar-refractivity contribution < 1.29 is 4.74 Å². The molecule has 0 radical (unpaired) electrons. The zero-order valence-electron chi connectivity index (χ0n) is 10.5. The van der Waals surface area contributed by atoms with E-state index in [1.165, 1.54) is 5.39 Å². The molecule has 2 aromatic rings. The fourth-order valence-electron chi connectivity index (χ4n) is 2.76. The highest BCUT2D eigenvalue weighted by atomic mass is 16.5. The maximum absolute atomic E-state index is 6.39. The predicted molar refractivity (Wildman–Crippen MR) is 72.2 cm³/mol. The van der Waals surface area contributed by atoms with Gasteiger partial charge in [-0.3, -0.25) is 4.98 Å². The van der Waals surface area contributed by atoms with Crippen LogP contribution in [0.25, 0.3) is 10.8 Å². The topological polar surface area (TPSA) is 48.1 Å². The third kappa shape index (κ3) is 1.89. The maximum atomic E-state index is 6.39. The number of fused-ring (bicyclic) bond motifs is 1. The normalized spacial score (nSPS) is 25.4. The lowest BCUT2D eigenvalue weighted by atomic mass is 9.91. The molecule has 1 aromatic carbocycles. The highest BCUT2D eigenvalue weighted by Crippen LogP contribution is 2.32. The van der Waals surface area contributed by atoms with Crippen LogP contribution in [0.4, 0.5) is 0 Å². The van der Waals surface area contributed by atoms with E-state index in [1.807, 2.05) is 24.5 Å². The van der Waals surface area contributed by atoms with E-state index < -0.39 is 0 Å². The minimum absolute atomic E-state index is 0.0962. The molecule has 0 aliphatic carbocycles. The number of rotatable bonds is 2. The smallest absolute Gasteiger partial charge is 0.0794 e. The molecule has 3 atom stereocenters. The first kappa shape index (κ1) is 11.6. The van der Waals surface area contributed by atoms with Gasteiger partial charge in [-0.2, -0.15) is 0 Å². The SMILES string of the molecule is CC1CCOC1C(N)c1cncc2ccccc12. The zero-order chi connectivity index (χ0) is 12.5. The summed E-state index contributed by atoms with van der Waals surface area (Å²) in [6, 6.07) is 8.13. The van der Waals surface area contributed by atoms with Crippen molar-refractivity contribution in [1.29, 1.82) is 0 Å². The van der Waals surface area contributed by atoms with Gasteiger partial charge in [0.1, 0.15) is 0 Å². The van der Waals surface area contributed by atoms with Crippen LogP contribution in [0.5, 0.6) is 0 Å². The number of benzene rings is 1. The van der Waals surface area contributed by atoms with Gasteiger partial charge >= 0.3 is 0 Å². The van der Waals surface area contributed by atoms with E-state index in [0.29, 0.717) is 5.92 Å². The average molecular weight is 242 g/mol. The molecule has 2 heterocycles. The zero-order valence-corrected chi connectivity index (χ0v) is 10.5. The van der Waals surface area contributed by atoms with Crippen molar-refractivity contribution in [3.8, 4) is 0 Å². The van der Waals surface area contributed by atoms with Crippen molar-refractivity contribution in [3.63, 3.8) is 0 Å². The Kier molecular flexibility index (Phi) is 3.02. The average Bonchev–Trinajstić information content (AvgIpc) is 2.83. The van der Waals surface area contributed by atoms with Crippen LogP contribution in [-0.2, 0) is 4.74 Å². The lowest BCUT2D eigenvalue weighted by molar-refractivity contribution is 0.0728. The number of aromatic nitrogens is 1. The second-order valence-corrected chi connectivity index (χ2v) is 5.08. The summed E-state index contributed by atoms with van der Waals surface area (Å²) < 4.78 is 5.78. The third-order valence-electron chi connectivity index (χ3n) is 3.86. The Hall–Kier alpha value is -1.45. The van der Waals surface area contributed by atoms with Gasteiger partial charge in [-0.25, -0.2) is 0 Å². The fraction of sp³-hybridized carbons (Fsp3) is 0.400. The van der Waals surface area contributed by atoms with Gasteiger partial charge < -0.3 is 10.5 Å². The number of nitrogens with two attached hydrogens (primary N) is 1. The molecule has 3 heteroatoms. The summed E-state index contributed by atoms with van der Waals surface area (Å²) in [4.78, 5) is 4.29. The molecule has 3 nitrogen and oxygen atoms in total. The highest BCUT2D eigenvalue weighted by molar-refractivity contribution is 5.85. The van der Waals surface area contributed by atoms with Crippen molar-refractivity contribution in [2.24, 2.45) is 11.7 Å². The largest absolute Gasteiger partial charge is 0.376 e. The Labute approximate surface area is 107 Å². The molecule has 94 valence electrons. The van der Waals surface area contributed by atoms with Gasteiger partial charge in [0.15, 0.2) is 0 Å². The molecule has 0 spiro atoms. The van der Waals surface area contributed by atoms with Crippen LogP contribution in [0.3, 0.4) is 0 Å². The van der Waals surface area contributed by atoms with E-state index in [4.69, 9.17) is 10.5 Å². The Morgan fingerprint density at radius 3 is 2.94 bits per heavy atom. The van der Waals surface area contributed by atoms with Gasteiger partial charge in [0, 0.05) is 24.4 Å². The number of pyridine rings is 1. The van der Waals surface area contributed by atoms with Gasteiger partial charge in [-0.15, -0.1) is 0 Å². The molecule has 1 saturated heterocycles. The standard InChI is InChI=1S/C15H18N2O/c1-10-6-7-18-15(10)14(16)13-9-17-8-11-4-2-3-5-12(11)13/h2-5,8-10,14-15H,6-7,16H2,1H3. The molecule has 18 heavy (non-hydrogen) atoms. The molecule has 0 amide bonds.